The minimum atomic E-state index is -4.65. The molecule has 0 radical (unpaired) electrons. The molecule has 0 amide bonds. The third-order valence-corrected chi connectivity index (χ3v) is 3.52. The number of halogens is 5. The average molecular weight is 396 g/mol. The molecule has 146 valence electrons. The van der Waals surface area contributed by atoms with Crippen LogP contribution in [0.15, 0.2) is 48.8 Å². The van der Waals surface area contributed by atoms with Gasteiger partial charge in [-0.05, 0) is 24.3 Å². The summed E-state index contributed by atoms with van der Waals surface area (Å²) in [5.41, 5.74) is -0.722. The fraction of sp³-hybridized carbons (Fsp3) is 0.167. The van der Waals surface area contributed by atoms with Gasteiger partial charge in [-0.1, -0.05) is 0 Å². The summed E-state index contributed by atoms with van der Waals surface area (Å²) in [6.07, 6.45) is -1.81. The van der Waals surface area contributed by atoms with Gasteiger partial charge >= 0.3 is 6.18 Å². The molecular formula is C18H13F5N4O. The van der Waals surface area contributed by atoms with Crippen LogP contribution in [0.25, 0.3) is 11.4 Å². The van der Waals surface area contributed by atoms with E-state index in [-0.39, 0.29) is 30.5 Å². The standard InChI is InChI=1S/C18H13F5N4O/c19-13-2-1-12(9-14(13)20)28-8-7-25-16-10-15(18(21,22)23)26-17(27-16)11-3-5-24-6-4-11/h1-6,9-10H,7-8H2,(H,25,26,27). The van der Waals surface area contributed by atoms with Crippen molar-refractivity contribution >= 4 is 5.82 Å². The van der Waals surface area contributed by atoms with Crippen LogP contribution in [0.3, 0.4) is 0 Å². The molecule has 0 unspecified atom stereocenters. The van der Waals surface area contributed by atoms with Crippen molar-refractivity contribution in [2.45, 2.75) is 6.18 Å². The summed E-state index contributed by atoms with van der Waals surface area (Å²) in [5.74, 6) is -2.13. The summed E-state index contributed by atoms with van der Waals surface area (Å²) in [7, 11) is 0. The molecule has 0 spiro atoms. The highest BCUT2D eigenvalue weighted by molar-refractivity contribution is 5.57. The number of ether oxygens (including phenoxy) is 1. The summed E-state index contributed by atoms with van der Waals surface area (Å²) in [6.45, 7) is 0.0596. The van der Waals surface area contributed by atoms with E-state index >= 15 is 0 Å². The highest BCUT2D eigenvalue weighted by Crippen LogP contribution is 2.30. The lowest BCUT2D eigenvalue weighted by Gasteiger charge is -2.12. The number of hydrogen-bond acceptors (Lipinski definition) is 5. The number of nitrogens with one attached hydrogen (secondary N) is 1. The van der Waals surface area contributed by atoms with Gasteiger partial charge in [0, 0.05) is 30.1 Å². The van der Waals surface area contributed by atoms with E-state index in [1.165, 1.54) is 30.6 Å². The van der Waals surface area contributed by atoms with Crippen LogP contribution in [0, 0.1) is 11.6 Å². The molecule has 10 heteroatoms. The lowest BCUT2D eigenvalue weighted by atomic mass is 10.2. The predicted octanol–water partition coefficient (Wildman–Crippen LogP) is 4.33. The molecule has 2 aromatic heterocycles. The molecule has 2 heterocycles. The molecule has 0 aliphatic rings. The molecule has 5 nitrogen and oxygen atoms in total. The van der Waals surface area contributed by atoms with Crippen LogP contribution in [0.5, 0.6) is 5.75 Å². The molecule has 0 aliphatic heterocycles. The molecule has 0 saturated carbocycles. The lowest BCUT2D eigenvalue weighted by molar-refractivity contribution is -0.141. The highest BCUT2D eigenvalue weighted by atomic mass is 19.4. The van der Waals surface area contributed by atoms with Crippen molar-refractivity contribution in [1.29, 1.82) is 0 Å². The van der Waals surface area contributed by atoms with E-state index in [0.29, 0.717) is 5.56 Å². The van der Waals surface area contributed by atoms with E-state index in [2.05, 4.69) is 20.3 Å². The Morgan fingerprint density at radius 3 is 2.36 bits per heavy atom. The number of anilines is 1. The van der Waals surface area contributed by atoms with Gasteiger partial charge in [0.15, 0.2) is 23.2 Å². The van der Waals surface area contributed by atoms with Crippen molar-refractivity contribution in [2.75, 3.05) is 18.5 Å². The van der Waals surface area contributed by atoms with E-state index in [9.17, 15) is 22.0 Å². The van der Waals surface area contributed by atoms with E-state index in [0.717, 1.165) is 18.2 Å². The van der Waals surface area contributed by atoms with Crippen LogP contribution >= 0.6 is 0 Å². The molecule has 1 N–H and O–H groups in total. The quantitative estimate of drug-likeness (QED) is 0.497. The second-order valence-electron chi connectivity index (χ2n) is 5.55. The van der Waals surface area contributed by atoms with Crippen molar-refractivity contribution in [1.82, 2.24) is 15.0 Å². The van der Waals surface area contributed by atoms with E-state index < -0.39 is 23.5 Å². The van der Waals surface area contributed by atoms with Gasteiger partial charge < -0.3 is 10.1 Å². The summed E-state index contributed by atoms with van der Waals surface area (Å²) in [4.78, 5) is 11.4. The van der Waals surface area contributed by atoms with Gasteiger partial charge in [-0.3, -0.25) is 4.98 Å². The number of rotatable bonds is 6. The van der Waals surface area contributed by atoms with Crippen molar-refractivity contribution in [3.8, 4) is 17.1 Å². The number of nitrogens with zero attached hydrogens (tertiary/aromatic N) is 3. The van der Waals surface area contributed by atoms with Gasteiger partial charge in [0.1, 0.15) is 18.2 Å². The lowest BCUT2D eigenvalue weighted by Crippen LogP contribution is -2.15. The van der Waals surface area contributed by atoms with Gasteiger partial charge in [0.25, 0.3) is 0 Å². The second kappa shape index (κ2) is 8.15. The molecule has 3 rings (SSSR count). The first-order valence-electron chi connectivity index (χ1n) is 8.01. The molecule has 0 saturated heterocycles. The van der Waals surface area contributed by atoms with E-state index in [4.69, 9.17) is 4.74 Å². The SMILES string of the molecule is Fc1ccc(OCCNc2cc(C(F)(F)F)nc(-c3ccncc3)n2)cc1F. The summed E-state index contributed by atoms with van der Waals surface area (Å²) >= 11 is 0. The molecule has 0 aliphatic carbocycles. The van der Waals surface area contributed by atoms with Gasteiger partial charge in [-0.2, -0.15) is 13.2 Å². The number of alkyl halides is 3. The molecule has 0 fully saturated rings. The number of hydrogen-bond donors (Lipinski definition) is 1. The Hall–Kier alpha value is -3.30. The van der Waals surface area contributed by atoms with Crippen molar-refractivity contribution < 1.29 is 26.7 Å². The molecule has 3 aromatic rings. The third kappa shape index (κ3) is 4.90. The Morgan fingerprint density at radius 1 is 0.929 bits per heavy atom. The van der Waals surface area contributed by atoms with Crippen LogP contribution < -0.4 is 10.1 Å². The monoisotopic (exact) mass is 396 g/mol. The minimum Gasteiger partial charge on any atom is -0.492 e. The topological polar surface area (TPSA) is 59.9 Å². The highest BCUT2D eigenvalue weighted by Gasteiger charge is 2.33. The fourth-order valence-electron chi connectivity index (χ4n) is 2.23. The largest absolute Gasteiger partial charge is 0.492 e. The molecular weight excluding hydrogens is 383 g/mol. The Labute approximate surface area is 156 Å². The van der Waals surface area contributed by atoms with E-state index in [1.54, 1.807) is 0 Å². The van der Waals surface area contributed by atoms with Crippen LogP contribution in [0.4, 0.5) is 27.8 Å². The predicted molar refractivity (Wildman–Crippen MR) is 90.6 cm³/mol. The zero-order valence-corrected chi connectivity index (χ0v) is 14.2. The summed E-state index contributed by atoms with van der Waals surface area (Å²) in [6, 6.07) is 6.80. The molecule has 1 aromatic carbocycles. The third-order valence-electron chi connectivity index (χ3n) is 3.52. The molecule has 0 atom stereocenters. The van der Waals surface area contributed by atoms with Crippen LogP contribution in [0.1, 0.15) is 5.69 Å². The van der Waals surface area contributed by atoms with Gasteiger partial charge in [-0.15, -0.1) is 0 Å². The first-order chi connectivity index (χ1) is 13.3. The Morgan fingerprint density at radius 2 is 1.68 bits per heavy atom. The first-order valence-corrected chi connectivity index (χ1v) is 8.01. The van der Waals surface area contributed by atoms with E-state index in [1.807, 2.05) is 0 Å². The number of benzene rings is 1. The zero-order valence-electron chi connectivity index (χ0n) is 14.2. The second-order valence-corrected chi connectivity index (χ2v) is 5.55. The maximum absolute atomic E-state index is 13.1. The Bertz CT molecular complexity index is 950. The number of aromatic nitrogens is 3. The van der Waals surface area contributed by atoms with Crippen molar-refractivity contribution in [2.24, 2.45) is 0 Å². The van der Waals surface area contributed by atoms with Crippen molar-refractivity contribution in [3.05, 3.63) is 66.1 Å². The van der Waals surface area contributed by atoms with Crippen LogP contribution in [-0.4, -0.2) is 28.1 Å². The molecule has 28 heavy (non-hydrogen) atoms. The van der Waals surface area contributed by atoms with Gasteiger partial charge in [0.2, 0.25) is 0 Å². The van der Waals surface area contributed by atoms with Gasteiger partial charge in [0.05, 0.1) is 6.54 Å². The Kier molecular flexibility index (Phi) is 5.67. The average Bonchev–Trinajstić information content (AvgIpc) is 2.68. The molecule has 0 bridgehead atoms. The number of pyridine rings is 1. The smallest absolute Gasteiger partial charge is 0.433 e. The zero-order chi connectivity index (χ0) is 20.1. The fourth-order valence-corrected chi connectivity index (χ4v) is 2.23. The summed E-state index contributed by atoms with van der Waals surface area (Å²) in [5, 5.41) is 2.70. The van der Waals surface area contributed by atoms with Crippen LogP contribution in [-0.2, 0) is 6.18 Å². The van der Waals surface area contributed by atoms with Crippen molar-refractivity contribution in [3.63, 3.8) is 0 Å². The maximum Gasteiger partial charge on any atom is 0.433 e. The van der Waals surface area contributed by atoms with Gasteiger partial charge in [-0.25, -0.2) is 18.7 Å². The summed E-state index contributed by atoms with van der Waals surface area (Å²) < 4.78 is 70.6. The Balaban J connectivity index is 1.71. The minimum absolute atomic E-state index is 0.0129. The van der Waals surface area contributed by atoms with Crippen LogP contribution in [0.2, 0.25) is 0 Å². The normalized spacial score (nSPS) is 11.3. The maximum atomic E-state index is 13.1. The first kappa shape index (κ1) is 19.5.